The summed E-state index contributed by atoms with van der Waals surface area (Å²) in [6.45, 7) is 6.12. The Labute approximate surface area is 147 Å². The van der Waals surface area contributed by atoms with Gasteiger partial charge in [0.15, 0.2) is 5.78 Å². The van der Waals surface area contributed by atoms with Crippen LogP contribution in [0.25, 0.3) is 0 Å². The first-order chi connectivity index (χ1) is 11.8. The minimum absolute atomic E-state index is 0.0761. The van der Waals surface area contributed by atoms with Crippen molar-refractivity contribution in [3.63, 3.8) is 0 Å². The molecule has 1 aliphatic rings. The van der Waals surface area contributed by atoms with E-state index in [1.807, 2.05) is 6.07 Å². The van der Waals surface area contributed by atoms with E-state index in [1.165, 1.54) is 4.90 Å². The molecular weight excluding hydrogens is 324 g/mol. The zero-order valence-corrected chi connectivity index (χ0v) is 14.8. The fourth-order valence-corrected chi connectivity index (χ4v) is 2.44. The number of ketones is 1. The second kappa shape index (κ2) is 8.11. The Morgan fingerprint density at radius 1 is 1.32 bits per heavy atom. The molecule has 25 heavy (non-hydrogen) atoms. The Bertz CT molecular complexity index is 637. The first-order valence-corrected chi connectivity index (χ1v) is 8.19. The largest absolute Gasteiger partial charge is 0.444 e. The van der Waals surface area contributed by atoms with Gasteiger partial charge in [0, 0.05) is 6.54 Å². The average Bonchev–Trinajstić information content (AvgIpc) is 2.59. The van der Waals surface area contributed by atoms with Gasteiger partial charge in [-0.15, -0.1) is 0 Å². The van der Waals surface area contributed by atoms with Crippen LogP contribution in [0.15, 0.2) is 35.5 Å². The Kier molecular flexibility index (Phi) is 6.14. The Morgan fingerprint density at radius 2 is 2.00 bits per heavy atom. The quantitative estimate of drug-likeness (QED) is 0.513. The summed E-state index contributed by atoms with van der Waals surface area (Å²) in [5.41, 5.74) is 0.334. The van der Waals surface area contributed by atoms with Crippen molar-refractivity contribution in [3.8, 4) is 0 Å². The summed E-state index contributed by atoms with van der Waals surface area (Å²) in [7, 11) is 0. The van der Waals surface area contributed by atoms with Crippen LogP contribution >= 0.6 is 0 Å². The highest BCUT2D eigenvalue weighted by Crippen LogP contribution is 2.15. The van der Waals surface area contributed by atoms with E-state index >= 15 is 0 Å². The molecule has 7 nitrogen and oxygen atoms in total. The molecule has 0 aliphatic carbocycles. The van der Waals surface area contributed by atoms with Gasteiger partial charge in [0.25, 0.3) is 0 Å². The second-order valence-electron chi connectivity index (χ2n) is 6.84. The first kappa shape index (κ1) is 18.9. The molecular formula is C18H24N2O5. The van der Waals surface area contributed by atoms with Crippen LogP contribution in [-0.4, -0.2) is 59.1 Å². The molecule has 1 aromatic rings. The topological polar surface area (TPSA) is 88.4 Å². The zero-order chi connectivity index (χ0) is 18.4. The van der Waals surface area contributed by atoms with Gasteiger partial charge >= 0.3 is 6.09 Å². The number of nitrogens with zero attached hydrogens (tertiary/aromatic N) is 2. The van der Waals surface area contributed by atoms with Gasteiger partial charge in [0.1, 0.15) is 11.7 Å². The number of hydrogen-bond donors (Lipinski definition) is 1. The van der Waals surface area contributed by atoms with Gasteiger partial charge in [-0.25, -0.2) is 4.79 Å². The summed E-state index contributed by atoms with van der Waals surface area (Å²) in [5.74, 6) is -0.245. The molecule has 1 atom stereocenters. The number of hydrogen-bond acceptors (Lipinski definition) is 6. The molecule has 0 aromatic heterocycles. The maximum absolute atomic E-state index is 12.5. The van der Waals surface area contributed by atoms with Crippen LogP contribution in [0.4, 0.5) is 4.79 Å². The van der Waals surface area contributed by atoms with Gasteiger partial charge < -0.3 is 19.6 Å². The van der Waals surface area contributed by atoms with Gasteiger partial charge in [0.2, 0.25) is 0 Å². The lowest BCUT2D eigenvalue weighted by Crippen LogP contribution is -2.50. The third-order valence-electron chi connectivity index (χ3n) is 3.65. The van der Waals surface area contributed by atoms with Crippen molar-refractivity contribution in [3.05, 3.63) is 35.9 Å². The molecule has 1 amide bonds. The lowest BCUT2D eigenvalue weighted by atomic mass is 10.0. The number of rotatable bonds is 4. The van der Waals surface area contributed by atoms with Crippen molar-refractivity contribution in [1.82, 2.24) is 4.90 Å². The van der Waals surface area contributed by atoms with Gasteiger partial charge in [0.05, 0.1) is 25.3 Å². The molecule has 0 bridgehead atoms. The van der Waals surface area contributed by atoms with E-state index in [2.05, 4.69) is 5.16 Å². The van der Waals surface area contributed by atoms with E-state index in [-0.39, 0.29) is 31.1 Å². The Morgan fingerprint density at radius 3 is 2.60 bits per heavy atom. The molecule has 1 aliphatic heterocycles. The lowest BCUT2D eigenvalue weighted by Gasteiger charge is -2.33. The molecule has 1 fully saturated rings. The van der Waals surface area contributed by atoms with Gasteiger partial charge in [-0.2, -0.15) is 0 Å². The highest BCUT2D eigenvalue weighted by atomic mass is 16.6. The minimum atomic E-state index is -0.762. The Hall–Kier alpha value is -2.41. The standard InChI is InChI=1S/C18H24N2O5/c1-18(2,3)25-17(22)20-9-10-24-16(12-20)15(21)11-14(19-23)13-7-5-4-6-8-13/h4-8,16,23H,9-12H2,1-3H3/b19-14-. The summed E-state index contributed by atoms with van der Waals surface area (Å²) in [4.78, 5) is 26.1. The number of carbonyl (C=O) groups is 2. The van der Waals surface area contributed by atoms with Crippen molar-refractivity contribution in [1.29, 1.82) is 0 Å². The van der Waals surface area contributed by atoms with E-state index in [9.17, 15) is 14.8 Å². The molecule has 2 rings (SSSR count). The van der Waals surface area contributed by atoms with Crippen molar-refractivity contribution in [2.75, 3.05) is 19.7 Å². The van der Waals surface area contributed by atoms with E-state index < -0.39 is 17.8 Å². The van der Waals surface area contributed by atoms with Crippen LogP contribution in [0, 0.1) is 0 Å². The number of benzene rings is 1. The molecule has 1 N–H and O–H groups in total. The maximum Gasteiger partial charge on any atom is 0.410 e. The number of oxime groups is 1. The molecule has 1 aromatic carbocycles. The predicted octanol–water partition coefficient (Wildman–Crippen LogP) is 2.46. The van der Waals surface area contributed by atoms with Crippen LogP contribution in [0.5, 0.6) is 0 Å². The zero-order valence-electron chi connectivity index (χ0n) is 14.8. The predicted molar refractivity (Wildman–Crippen MR) is 91.9 cm³/mol. The monoisotopic (exact) mass is 348 g/mol. The van der Waals surface area contributed by atoms with Gasteiger partial charge in [-0.05, 0) is 26.3 Å². The average molecular weight is 348 g/mol. The molecule has 0 radical (unpaired) electrons. The highest BCUT2D eigenvalue weighted by Gasteiger charge is 2.32. The summed E-state index contributed by atoms with van der Waals surface area (Å²) in [6, 6.07) is 8.95. The smallest absolute Gasteiger partial charge is 0.410 e. The number of carbonyl (C=O) groups excluding carboxylic acids is 2. The first-order valence-electron chi connectivity index (χ1n) is 8.19. The molecule has 7 heteroatoms. The molecule has 1 unspecified atom stereocenters. The van der Waals surface area contributed by atoms with E-state index in [4.69, 9.17) is 9.47 Å². The van der Waals surface area contributed by atoms with Crippen LogP contribution in [0.3, 0.4) is 0 Å². The number of ether oxygens (including phenoxy) is 2. The fourth-order valence-electron chi connectivity index (χ4n) is 2.44. The molecule has 136 valence electrons. The highest BCUT2D eigenvalue weighted by molar-refractivity contribution is 6.11. The number of morpholine rings is 1. The third kappa shape index (κ3) is 5.56. The second-order valence-corrected chi connectivity index (χ2v) is 6.84. The molecule has 1 heterocycles. The van der Waals surface area contributed by atoms with Crippen LogP contribution < -0.4 is 0 Å². The van der Waals surface area contributed by atoms with E-state index in [0.29, 0.717) is 12.1 Å². The normalized spacial score (nSPS) is 18.8. The number of Topliss-reactive ketones (excluding diaryl/α,β-unsaturated/α-hetero) is 1. The van der Waals surface area contributed by atoms with E-state index in [1.54, 1.807) is 45.0 Å². The van der Waals surface area contributed by atoms with Crippen molar-refractivity contribution < 1.29 is 24.3 Å². The van der Waals surface area contributed by atoms with Gasteiger partial charge in [-0.3, -0.25) is 4.79 Å². The number of amides is 1. The van der Waals surface area contributed by atoms with Crippen molar-refractivity contribution in [2.45, 2.75) is 38.9 Å². The molecule has 1 saturated heterocycles. The van der Waals surface area contributed by atoms with Crippen LogP contribution in [-0.2, 0) is 14.3 Å². The lowest BCUT2D eigenvalue weighted by molar-refractivity contribution is -0.134. The van der Waals surface area contributed by atoms with Crippen LogP contribution in [0.2, 0.25) is 0 Å². The van der Waals surface area contributed by atoms with Crippen LogP contribution in [0.1, 0.15) is 32.8 Å². The minimum Gasteiger partial charge on any atom is -0.444 e. The van der Waals surface area contributed by atoms with Crippen molar-refractivity contribution in [2.24, 2.45) is 5.16 Å². The fraction of sp³-hybridized carbons (Fsp3) is 0.500. The molecule has 0 saturated carbocycles. The third-order valence-corrected chi connectivity index (χ3v) is 3.65. The Balaban J connectivity index is 1.98. The SMILES string of the molecule is CC(C)(C)OC(=O)N1CCOC(C(=O)C/C(=N/O)c2ccccc2)C1. The summed E-state index contributed by atoms with van der Waals surface area (Å²) < 4.78 is 10.8. The van der Waals surface area contributed by atoms with Crippen molar-refractivity contribution >= 4 is 17.6 Å². The van der Waals surface area contributed by atoms with E-state index in [0.717, 1.165) is 0 Å². The maximum atomic E-state index is 12.5. The summed E-state index contributed by atoms with van der Waals surface area (Å²) in [5, 5.41) is 12.4. The van der Waals surface area contributed by atoms with Gasteiger partial charge in [-0.1, -0.05) is 35.5 Å². The summed E-state index contributed by atoms with van der Waals surface area (Å²) >= 11 is 0. The molecule has 0 spiro atoms. The summed E-state index contributed by atoms with van der Waals surface area (Å²) in [6.07, 6.45) is -1.30.